The summed E-state index contributed by atoms with van der Waals surface area (Å²) in [6, 6.07) is 8.86. The lowest BCUT2D eigenvalue weighted by Crippen LogP contribution is -2.59. The number of aldehydes is 1. The van der Waals surface area contributed by atoms with E-state index in [1.165, 1.54) is 16.8 Å². The predicted molar refractivity (Wildman–Crippen MR) is 128 cm³/mol. The van der Waals surface area contributed by atoms with Crippen molar-refractivity contribution in [3.05, 3.63) is 42.4 Å². The first kappa shape index (κ1) is 23.6. The number of rotatable bonds is 5. The Hall–Kier alpha value is -2.51. The van der Waals surface area contributed by atoms with Gasteiger partial charge in [-0.15, -0.1) is 0 Å². The molecular weight excluding hydrogens is 416 g/mol. The third kappa shape index (κ3) is 4.36. The van der Waals surface area contributed by atoms with Crippen LogP contribution in [0.15, 0.2) is 36.8 Å². The van der Waals surface area contributed by atoms with E-state index in [1.54, 1.807) is 7.05 Å². The number of amides is 1. The normalized spacial score (nSPS) is 25.8. The van der Waals surface area contributed by atoms with Crippen molar-refractivity contribution in [2.24, 2.45) is 17.3 Å². The fraction of sp³-hybridized carbons (Fsp3) is 0.577. The van der Waals surface area contributed by atoms with E-state index in [0.29, 0.717) is 12.3 Å². The van der Waals surface area contributed by atoms with E-state index in [-0.39, 0.29) is 29.4 Å². The fourth-order valence-corrected chi connectivity index (χ4v) is 5.78. The molecule has 5 rings (SSSR count). The number of aliphatic hydroxyl groups excluding tert-OH is 1. The molecule has 178 valence electrons. The standard InChI is InChI=1S/C19H23N3O.C7H13NO2/c1-21-8-6-19(7-9-21)10-15(18(19)23)17-14-5-3-2-4-13(14)16-11-20-12-22(16)17;1-3-6(5-9)4-7(10)8-2/h2-5,11-12,15,17-18,23H,6-10H2,1H3;5-6H,3-4H2,1-2H3,(H,8,10). The summed E-state index contributed by atoms with van der Waals surface area (Å²) in [7, 11) is 3.75. The number of hydrogen-bond acceptors (Lipinski definition) is 5. The second kappa shape index (κ2) is 9.77. The molecule has 2 fully saturated rings. The number of benzene rings is 1. The van der Waals surface area contributed by atoms with Gasteiger partial charge in [-0.2, -0.15) is 0 Å². The van der Waals surface area contributed by atoms with Crippen LogP contribution >= 0.6 is 0 Å². The van der Waals surface area contributed by atoms with Gasteiger partial charge in [0.15, 0.2) is 0 Å². The zero-order valence-corrected chi connectivity index (χ0v) is 19.9. The lowest BCUT2D eigenvalue weighted by atomic mass is 9.53. The van der Waals surface area contributed by atoms with Crippen molar-refractivity contribution in [1.29, 1.82) is 0 Å². The minimum atomic E-state index is -0.192. The third-order valence-corrected chi connectivity index (χ3v) is 8.03. The Morgan fingerprint density at radius 3 is 2.70 bits per heavy atom. The molecule has 1 aromatic heterocycles. The zero-order valence-electron chi connectivity index (χ0n) is 19.9. The minimum absolute atomic E-state index is 0.0704. The molecule has 7 nitrogen and oxygen atoms in total. The number of fused-ring (bicyclic) bond motifs is 3. The SMILES string of the molecule is CCC(C=O)CC(=O)NC.CN1CCC2(CC1)CC(C1c3ccccc3-c3cncn31)C2O. The molecule has 7 heteroatoms. The van der Waals surface area contributed by atoms with Crippen molar-refractivity contribution < 1.29 is 14.7 Å². The molecule has 1 saturated heterocycles. The first-order valence-electron chi connectivity index (χ1n) is 12.1. The van der Waals surface area contributed by atoms with Crippen molar-refractivity contribution in [3.8, 4) is 11.3 Å². The van der Waals surface area contributed by atoms with Gasteiger partial charge in [-0.25, -0.2) is 4.98 Å². The van der Waals surface area contributed by atoms with Crippen LogP contribution in [0.25, 0.3) is 11.3 Å². The first-order valence-corrected chi connectivity index (χ1v) is 12.1. The molecule has 1 amide bonds. The molecule has 2 aliphatic heterocycles. The number of imidazole rings is 1. The third-order valence-electron chi connectivity index (χ3n) is 8.03. The quantitative estimate of drug-likeness (QED) is 0.681. The molecule has 1 saturated carbocycles. The van der Waals surface area contributed by atoms with E-state index in [9.17, 15) is 14.7 Å². The van der Waals surface area contributed by atoms with E-state index < -0.39 is 0 Å². The molecule has 1 aliphatic carbocycles. The van der Waals surface area contributed by atoms with Gasteiger partial charge in [-0.3, -0.25) is 4.79 Å². The Morgan fingerprint density at radius 2 is 2.06 bits per heavy atom. The molecule has 4 atom stereocenters. The number of carbonyl (C=O) groups is 2. The van der Waals surface area contributed by atoms with Gasteiger partial charge in [0.25, 0.3) is 0 Å². The molecule has 4 unspecified atom stereocenters. The maximum absolute atomic E-state index is 11.1. The number of nitrogens with zero attached hydrogens (tertiary/aromatic N) is 3. The van der Waals surface area contributed by atoms with Crippen molar-refractivity contribution in [2.45, 2.75) is 51.2 Å². The smallest absolute Gasteiger partial charge is 0.220 e. The molecule has 0 bridgehead atoms. The molecule has 0 radical (unpaired) electrons. The van der Waals surface area contributed by atoms with Crippen molar-refractivity contribution in [3.63, 3.8) is 0 Å². The highest BCUT2D eigenvalue weighted by molar-refractivity contribution is 5.78. The highest BCUT2D eigenvalue weighted by Crippen LogP contribution is 2.59. The van der Waals surface area contributed by atoms with Gasteiger partial charge >= 0.3 is 0 Å². The van der Waals surface area contributed by atoms with Crippen LogP contribution in [0, 0.1) is 17.3 Å². The van der Waals surface area contributed by atoms with E-state index in [2.05, 4.69) is 51.1 Å². The summed E-state index contributed by atoms with van der Waals surface area (Å²) >= 11 is 0. The molecule has 1 spiro atoms. The summed E-state index contributed by atoms with van der Waals surface area (Å²) in [5.41, 5.74) is 4.00. The van der Waals surface area contributed by atoms with Gasteiger partial charge in [0.1, 0.15) is 6.29 Å². The van der Waals surface area contributed by atoms with Gasteiger partial charge in [0.2, 0.25) is 5.91 Å². The molecule has 1 aromatic carbocycles. The van der Waals surface area contributed by atoms with Gasteiger partial charge in [-0.05, 0) is 56.8 Å². The zero-order chi connectivity index (χ0) is 23.6. The molecule has 2 aromatic rings. The highest BCUT2D eigenvalue weighted by Gasteiger charge is 2.57. The second-order valence-electron chi connectivity index (χ2n) is 9.88. The number of hydrogen-bond donors (Lipinski definition) is 2. The fourth-order valence-electron chi connectivity index (χ4n) is 5.78. The minimum Gasteiger partial charge on any atom is -0.392 e. The average Bonchev–Trinajstić information content (AvgIpc) is 3.43. The van der Waals surface area contributed by atoms with E-state index >= 15 is 0 Å². The van der Waals surface area contributed by atoms with E-state index in [1.807, 2.05) is 19.4 Å². The molecule has 2 N–H and O–H groups in total. The Morgan fingerprint density at radius 1 is 1.33 bits per heavy atom. The Bertz CT molecular complexity index is 979. The van der Waals surface area contributed by atoms with Gasteiger partial charge in [-0.1, -0.05) is 31.2 Å². The van der Waals surface area contributed by atoms with Crippen molar-refractivity contribution in [1.82, 2.24) is 19.8 Å². The van der Waals surface area contributed by atoms with Crippen LogP contribution in [-0.2, 0) is 9.59 Å². The Labute approximate surface area is 196 Å². The average molecular weight is 453 g/mol. The van der Waals surface area contributed by atoms with Crippen LogP contribution in [-0.4, -0.2) is 65.0 Å². The molecular formula is C26H36N4O3. The predicted octanol–water partition coefficient (Wildman–Crippen LogP) is 2.89. The largest absolute Gasteiger partial charge is 0.392 e. The number of aromatic nitrogens is 2. The second-order valence-corrected chi connectivity index (χ2v) is 9.88. The number of nitrogens with one attached hydrogen (secondary N) is 1. The van der Waals surface area contributed by atoms with Gasteiger partial charge in [0.05, 0.1) is 30.4 Å². The molecule has 3 aliphatic rings. The first-order chi connectivity index (χ1) is 15.9. The lowest BCUT2D eigenvalue weighted by Gasteiger charge is -2.57. The van der Waals surface area contributed by atoms with Crippen LogP contribution in [0.1, 0.15) is 50.6 Å². The Kier molecular flexibility index (Phi) is 7.00. The summed E-state index contributed by atoms with van der Waals surface area (Å²) < 4.78 is 2.28. The number of aliphatic hydroxyl groups is 1. The van der Waals surface area contributed by atoms with Gasteiger partial charge < -0.3 is 24.7 Å². The van der Waals surface area contributed by atoms with Crippen molar-refractivity contribution in [2.75, 3.05) is 27.2 Å². The highest BCUT2D eigenvalue weighted by atomic mass is 16.3. The Balaban J connectivity index is 0.000000223. The number of likely N-dealkylation sites (tertiary alicyclic amines) is 1. The van der Waals surface area contributed by atoms with E-state index in [0.717, 1.165) is 45.1 Å². The lowest BCUT2D eigenvalue weighted by molar-refractivity contribution is -0.156. The van der Waals surface area contributed by atoms with Crippen LogP contribution in [0.3, 0.4) is 0 Å². The topological polar surface area (TPSA) is 87.5 Å². The monoisotopic (exact) mass is 452 g/mol. The molecule has 33 heavy (non-hydrogen) atoms. The number of piperidine rings is 1. The summed E-state index contributed by atoms with van der Waals surface area (Å²) in [4.78, 5) is 27.6. The summed E-state index contributed by atoms with van der Waals surface area (Å²) in [5.74, 6) is 0.133. The van der Waals surface area contributed by atoms with Gasteiger partial charge in [0, 0.05) is 30.9 Å². The van der Waals surface area contributed by atoms with E-state index in [4.69, 9.17) is 0 Å². The number of carbonyl (C=O) groups excluding carboxylic acids is 2. The summed E-state index contributed by atoms with van der Waals surface area (Å²) in [6.45, 7) is 4.12. The maximum atomic E-state index is 11.1. The van der Waals surface area contributed by atoms with Crippen molar-refractivity contribution >= 4 is 12.2 Å². The van der Waals surface area contributed by atoms with Crippen LogP contribution in [0.5, 0.6) is 0 Å². The van der Waals surface area contributed by atoms with Crippen LogP contribution in [0.4, 0.5) is 0 Å². The van der Waals surface area contributed by atoms with Crippen LogP contribution in [0.2, 0.25) is 0 Å². The van der Waals surface area contributed by atoms with Crippen LogP contribution < -0.4 is 5.32 Å². The molecule has 3 heterocycles. The summed E-state index contributed by atoms with van der Waals surface area (Å²) in [5, 5.41) is 13.5. The summed E-state index contributed by atoms with van der Waals surface area (Å²) in [6.07, 6.45) is 8.98. The maximum Gasteiger partial charge on any atom is 0.220 e.